The number of esters is 1. The molecule has 0 unspecified atom stereocenters. The van der Waals surface area contributed by atoms with E-state index >= 15 is 0 Å². The van der Waals surface area contributed by atoms with Gasteiger partial charge >= 0.3 is 5.97 Å². The molecule has 0 radical (unpaired) electrons. The summed E-state index contributed by atoms with van der Waals surface area (Å²) in [6.45, 7) is 2.60. The summed E-state index contributed by atoms with van der Waals surface area (Å²) in [7, 11) is 3.12. The van der Waals surface area contributed by atoms with E-state index in [1.54, 1.807) is 38.5 Å². The van der Waals surface area contributed by atoms with Crippen molar-refractivity contribution in [3.63, 3.8) is 0 Å². The Morgan fingerprint density at radius 2 is 1.85 bits per heavy atom. The Morgan fingerprint density at radius 3 is 2.46 bits per heavy atom. The van der Waals surface area contributed by atoms with Crippen LogP contribution in [-0.2, 0) is 14.3 Å². The van der Waals surface area contributed by atoms with E-state index < -0.39 is 5.97 Å². The van der Waals surface area contributed by atoms with E-state index in [1.807, 2.05) is 4.90 Å². The van der Waals surface area contributed by atoms with Gasteiger partial charge in [0.1, 0.15) is 11.5 Å². The fraction of sp³-hybridized carbons (Fsp3) is 0.500. The average Bonchev–Trinajstić information content (AvgIpc) is 2.69. The van der Waals surface area contributed by atoms with Crippen LogP contribution >= 0.6 is 0 Å². The molecule has 1 aromatic carbocycles. The molecule has 1 fully saturated rings. The molecule has 1 aliphatic heterocycles. The first-order valence-corrected chi connectivity index (χ1v) is 8.94. The molecule has 0 N–H and O–H groups in total. The molecule has 1 heterocycles. The number of piperidine rings is 1. The highest BCUT2D eigenvalue weighted by Crippen LogP contribution is 2.23. The minimum atomic E-state index is -0.551. The molecule has 1 saturated heterocycles. The number of benzene rings is 1. The van der Waals surface area contributed by atoms with Crippen LogP contribution in [-0.4, -0.2) is 50.2 Å². The standard InChI is InChI=1S/C20H27NO5/c1-4-16-7-5-6-10-21(16)19(22)14-26-20(23)9-8-15-11-17(24-2)13-18(12-15)25-3/h8-9,11-13,16H,4-7,10,14H2,1-3H3/b9-8+/t16-/m0/s1. The van der Waals surface area contributed by atoms with Gasteiger partial charge in [-0.25, -0.2) is 4.79 Å². The quantitative estimate of drug-likeness (QED) is 0.552. The van der Waals surface area contributed by atoms with Crippen molar-refractivity contribution < 1.29 is 23.8 Å². The van der Waals surface area contributed by atoms with Gasteiger partial charge in [0.05, 0.1) is 14.2 Å². The maximum atomic E-state index is 12.3. The van der Waals surface area contributed by atoms with Gasteiger partial charge in [-0.05, 0) is 49.5 Å². The summed E-state index contributed by atoms with van der Waals surface area (Å²) in [4.78, 5) is 26.1. The predicted molar refractivity (Wildman–Crippen MR) is 99.2 cm³/mol. The second-order valence-corrected chi connectivity index (χ2v) is 6.23. The summed E-state index contributed by atoms with van der Waals surface area (Å²) in [5.74, 6) is 0.582. The highest BCUT2D eigenvalue weighted by molar-refractivity contribution is 5.89. The van der Waals surface area contributed by atoms with Crippen LogP contribution in [0.2, 0.25) is 0 Å². The Labute approximate surface area is 154 Å². The van der Waals surface area contributed by atoms with Gasteiger partial charge in [0, 0.05) is 24.7 Å². The van der Waals surface area contributed by atoms with E-state index in [1.165, 1.54) is 6.08 Å². The zero-order chi connectivity index (χ0) is 18.9. The van der Waals surface area contributed by atoms with E-state index in [2.05, 4.69) is 6.92 Å². The van der Waals surface area contributed by atoms with Crippen LogP contribution in [0.3, 0.4) is 0 Å². The van der Waals surface area contributed by atoms with Gasteiger partial charge in [0.25, 0.3) is 5.91 Å². The molecular weight excluding hydrogens is 334 g/mol. The minimum Gasteiger partial charge on any atom is -0.497 e. The van der Waals surface area contributed by atoms with Gasteiger partial charge in [-0.1, -0.05) is 6.92 Å². The SMILES string of the molecule is CC[C@H]1CCCCN1C(=O)COC(=O)/C=C/c1cc(OC)cc(OC)c1. The Morgan fingerprint density at radius 1 is 1.15 bits per heavy atom. The van der Waals surface area contributed by atoms with Crippen molar-refractivity contribution >= 4 is 18.0 Å². The van der Waals surface area contributed by atoms with Gasteiger partial charge in [0.15, 0.2) is 6.61 Å². The summed E-state index contributed by atoms with van der Waals surface area (Å²) >= 11 is 0. The predicted octanol–water partition coefficient (Wildman–Crippen LogP) is 3.05. The van der Waals surface area contributed by atoms with Crippen LogP contribution < -0.4 is 9.47 Å². The lowest BCUT2D eigenvalue weighted by Gasteiger charge is -2.35. The highest BCUT2D eigenvalue weighted by atomic mass is 16.5. The molecular formula is C20H27NO5. The number of ether oxygens (including phenoxy) is 3. The van der Waals surface area contributed by atoms with Crippen LogP contribution in [0.1, 0.15) is 38.2 Å². The molecule has 0 aromatic heterocycles. The first kappa shape index (κ1) is 19.8. The lowest BCUT2D eigenvalue weighted by atomic mass is 10.00. The Kier molecular flexibility index (Phi) is 7.51. The Balaban J connectivity index is 1.90. The molecule has 6 heteroatoms. The Hall–Kier alpha value is -2.50. The van der Waals surface area contributed by atoms with Crippen molar-refractivity contribution in [1.82, 2.24) is 4.90 Å². The van der Waals surface area contributed by atoms with Crippen molar-refractivity contribution in [3.05, 3.63) is 29.8 Å². The minimum absolute atomic E-state index is 0.124. The van der Waals surface area contributed by atoms with E-state index in [9.17, 15) is 9.59 Å². The van der Waals surface area contributed by atoms with E-state index in [0.29, 0.717) is 11.5 Å². The monoisotopic (exact) mass is 361 g/mol. The number of nitrogens with zero attached hydrogens (tertiary/aromatic N) is 1. The van der Waals surface area contributed by atoms with Gasteiger partial charge < -0.3 is 19.1 Å². The third-order valence-electron chi connectivity index (χ3n) is 4.54. The zero-order valence-corrected chi connectivity index (χ0v) is 15.7. The number of amides is 1. The molecule has 0 spiro atoms. The van der Waals surface area contributed by atoms with E-state index in [4.69, 9.17) is 14.2 Å². The van der Waals surface area contributed by atoms with Crippen LogP contribution in [0, 0.1) is 0 Å². The maximum absolute atomic E-state index is 12.3. The second kappa shape index (κ2) is 9.85. The van der Waals surface area contributed by atoms with Crippen molar-refractivity contribution in [2.45, 2.75) is 38.6 Å². The number of rotatable bonds is 7. The van der Waals surface area contributed by atoms with Crippen LogP contribution in [0.15, 0.2) is 24.3 Å². The summed E-state index contributed by atoms with van der Waals surface area (Å²) in [5.41, 5.74) is 0.742. The third-order valence-corrected chi connectivity index (χ3v) is 4.54. The van der Waals surface area contributed by atoms with Gasteiger partial charge in [-0.3, -0.25) is 4.79 Å². The van der Waals surface area contributed by atoms with Crippen molar-refractivity contribution in [2.75, 3.05) is 27.4 Å². The molecule has 0 aliphatic carbocycles. The number of carbonyl (C=O) groups excluding carboxylic acids is 2. The molecule has 1 atom stereocenters. The first-order valence-electron chi connectivity index (χ1n) is 8.94. The molecule has 0 saturated carbocycles. The second-order valence-electron chi connectivity index (χ2n) is 6.23. The fourth-order valence-corrected chi connectivity index (χ4v) is 3.11. The molecule has 6 nitrogen and oxygen atoms in total. The van der Waals surface area contributed by atoms with Crippen LogP contribution in [0.4, 0.5) is 0 Å². The molecule has 26 heavy (non-hydrogen) atoms. The van der Waals surface area contributed by atoms with Gasteiger partial charge in [0.2, 0.25) is 0 Å². The molecule has 2 rings (SSSR count). The number of hydrogen-bond donors (Lipinski definition) is 0. The van der Waals surface area contributed by atoms with Crippen molar-refractivity contribution in [1.29, 1.82) is 0 Å². The lowest BCUT2D eigenvalue weighted by molar-refractivity contribution is -0.150. The smallest absolute Gasteiger partial charge is 0.331 e. The largest absolute Gasteiger partial charge is 0.497 e. The summed E-state index contributed by atoms with van der Waals surface area (Å²) < 4.78 is 15.5. The number of likely N-dealkylation sites (tertiary alicyclic amines) is 1. The normalized spacial score (nSPS) is 17.2. The van der Waals surface area contributed by atoms with Crippen molar-refractivity contribution in [2.24, 2.45) is 0 Å². The third kappa shape index (κ3) is 5.51. The lowest BCUT2D eigenvalue weighted by Crippen LogP contribution is -2.45. The first-order chi connectivity index (χ1) is 12.6. The van der Waals surface area contributed by atoms with E-state index in [-0.39, 0.29) is 18.6 Å². The topological polar surface area (TPSA) is 65.1 Å². The fourth-order valence-electron chi connectivity index (χ4n) is 3.11. The molecule has 1 amide bonds. The Bertz CT molecular complexity index is 633. The van der Waals surface area contributed by atoms with E-state index in [0.717, 1.165) is 37.8 Å². The summed E-state index contributed by atoms with van der Waals surface area (Å²) in [5, 5.41) is 0. The number of methoxy groups -OCH3 is 2. The molecule has 1 aromatic rings. The highest BCUT2D eigenvalue weighted by Gasteiger charge is 2.25. The maximum Gasteiger partial charge on any atom is 0.331 e. The van der Waals surface area contributed by atoms with Crippen molar-refractivity contribution in [3.8, 4) is 11.5 Å². The van der Waals surface area contributed by atoms with Crippen LogP contribution in [0.5, 0.6) is 11.5 Å². The zero-order valence-electron chi connectivity index (χ0n) is 15.7. The number of hydrogen-bond acceptors (Lipinski definition) is 5. The average molecular weight is 361 g/mol. The molecule has 142 valence electrons. The van der Waals surface area contributed by atoms with Gasteiger partial charge in [-0.2, -0.15) is 0 Å². The molecule has 0 bridgehead atoms. The summed E-state index contributed by atoms with van der Waals surface area (Å²) in [6, 6.07) is 5.56. The van der Waals surface area contributed by atoms with Gasteiger partial charge in [-0.15, -0.1) is 0 Å². The molecule has 1 aliphatic rings. The number of carbonyl (C=O) groups is 2. The summed E-state index contributed by atoms with van der Waals surface area (Å²) in [6.07, 6.45) is 7.01. The van der Waals surface area contributed by atoms with Crippen LogP contribution in [0.25, 0.3) is 6.08 Å².